The molecule has 2 aromatic carbocycles. The maximum Gasteiger partial charge on any atom is 0.252 e. The molecule has 0 fully saturated rings. The third kappa shape index (κ3) is 3.20. The van der Waals surface area contributed by atoms with Gasteiger partial charge in [-0.1, -0.05) is 30.3 Å². The number of methoxy groups -OCH3 is 1. The minimum atomic E-state index is -0.134. The van der Waals surface area contributed by atoms with E-state index in [-0.39, 0.29) is 11.9 Å². The molecule has 0 radical (unpaired) electrons. The molecule has 0 aliphatic rings. The zero-order chi connectivity index (χ0) is 14.5. The first-order valence-corrected chi connectivity index (χ1v) is 7.11. The molecule has 0 aliphatic heterocycles. The van der Waals surface area contributed by atoms with Gasteiger partial charge in [0, 0.05) is 10.0 Å². The fourth-order valence-corrected chi connectivity index (χ4v) is 2.49. The maximum atomic E-state index is 12.3. The first kappa shape index (κ1) is 14.6. The van der Waals surface area contributed by atoms with E-state index in [0.29, 0.717) is 5.56 Å². The second-order valence-corrected chi connectivity index (χ2v) is 5.27. The second-order valence-electron chi connectivity index (χ2n) is 4.42. The number of hydrogen-bond donors (Lipinski definition) is 1. The third-order valence-corrected chi connectivity index (χ3v) is 3.76. The number of para-hydroxylation sites is 1. The summed E-state index contributed by atoms with van der Waals surface area (Å²) >= 11 is 3.39. The molecule has 1 atom stereocenters. The van der Waals surface area contributed by atoms with Gasteiger partial charge in [-0.25, -0.2) is 0 Å². The van der Waals surface area contributed by atoms with Crippen molar-refractivity contribution in [3.05, 3.63) is 64.1 Å². The van der Waals surface area contributed by atoms with Crippen LogP contribution in [-0.4, -0.2) is 13.0 Å². The van der Waals surface area contributed by atoms with Gasteiger partial charge in [-0.15, -0.1) is 0 Å². The van der Waals surface area contributed by atoms with Gasteiger partial charge in [0.25, 0.3) is 5.91 Å². The highest BCUT2D eigenvalue weighted by molar-refractivity contribution is 9.10. The number of benzene rings is 2. The first-order chi connectivity index (χ1) is 9.63. The summed E-state index contributed by atoms with van der Waals surface area (Å²) in [6.45, 7) is 1.94. The standard InChI is InChI=1S/C16H16BrNO2/c1-11(12-7-4-6-10-15(12)20-2)18-16(19)13-8-3-5-9-14(13)17/h3-11H,1-2H3,(H,18,19)/t11-/m1/s1. The van der Waals surface area contributed by atoms with Crippen molar-refractivity contribution >= 4 is 21.8 Å². The number of nitrogens with one attached hydrogen (secondary N) is 1. The van der Waals surface area contributed by atoms with Gasteiger partial charge in [0.1, 0.15) is 5.75 Å². The van der Waals surface area contributed by atoms with E-state index < -0.39 is 0 Å². The number of hydrogen-bond acceptors (Lipinski definition) is 2. The van der Waals surface area contributed by atoms with Crippen molar-refractivity contribution in [2.75, 3.05) is 7.11 Å². The van der Waals surface area contributed by atoms with Gasteiger partial charge >= 0.3 is 0 Å². The lowest BCUT2D eigenvalue weighted by Crippen LogP contribution is -2.27. The molecular formula is C16H16BrNO2. The summed E-state index contributed by atoms with van der Waals surface area (Å²) in [5, 5.41) is 2.98. The fourth-order valence-electron chi connectivity index (χ4n) is 2.02. The Labute approximate surface area is 127 Å². The van der Waals surface area contributed by atoms with Gasteiger partial charge in [-0.2, -0.15) is 0 Å². The zero-order valence-electron chi connectivity index (χ0n) is 11.4. The van der Waals surface area contributed by atoms with Crippen LogP contribution in [0.4, 0.5) is 0 Å². The summed E-state index contributed by atoms with van der Waals surface area (Å²) in [6, 6.07) is 14.9. The number of amides is 1. The molecule has 104 valence electrons. The molecule has 2 aromatic rings. The molecule has 1 amide bonds. The summed E-state index contributed by atoms with van der Waals surface area (Å²) < 4.78 is 6.10. The summed E-state index contributed by atoms with van der Waals surface area (Å²) in [7, 11) is 1.63. The normalized spacial score (nSPS) is 11.8. The highest BCUT2D eigenvalue weighted by Gasteiger charge is 2.16. The molecule has 4 heteroatoms. The molecule has 20 heavy (non-hydrogen) atoms. The Morgan fingerprint density at radius 3 is 2.50 bits per heavy atom. The van der Waals surface area contributed by atoms with Gasteiger partial charge in [0.05, 0.1) is 18.7 Å². The van der Waals surface area contributed by atoms with E-state index in [2.05, 4.69) is 21.2 Å². The molecule has 0 heterocycles. The van der Waals surface area contributed by atoms with Crippen LogP contribution < -0.4 is 10.1 Å². The minimum Gasteiger partial charge on any atom is -0.496 e. The molecule has 0 unspecified atom stereocenters. The lowest BCUT2D eigenvalue weighted by Gasteiger charge is -2.17. The monoisotopic (exact) mass is 333 g/mol. The van der Waals surface area contributed by atoms with Gasteiger partial charge in [-0.3, -0.25) is 4.79 Å². The Morgan fingerprint density at radius 2 is 1.80 bits per heavy atom. The van der Waals surface area contributed by atoms with Crippen molar-refractivity contribution in [1.82, 2.24) is 5.32 Å². The number of halogens is 1. The smallest absolute Gasteiger partial charge is 0.252 e. The van der Waals surface area contributed by atoms with Crippen LogP contribution in [0.5, 0.6) is 5.75 Å². The van der Waals surface area contributed by atoms with Crippen molar-refractivity contribution in [3.63, 3.8) is 0 Å². The Hall–Kier alpha value is -1.81. The Morgan fingerprint density at radius 1 is 1.15 bits per heavy atom. The molecule has 0 saturated carbocycles. The molecule has 1 N–H and O–H groups in total. The van der Waals surface area contributed by atoms with Crippen molar-refractivity contribution in [2.45, 2.75) is 13.0 Å². The Bertz CT molecular complexity index is 613. The molecule has 0 spiro atoms. The molecular weight excluding hydrogens is 318 g/mol. The minimum absolute atomic E-state index is 0.115. The summed E-state index contributed by atoms with van der Waals surface area (Å²) in [5.41, 5.74) is 1.57. The van der Waals surface area contributed by atoms with Crippen LogP contribution in [0.2, 0.25) is 0 Å². The van der Waals surface area contributed by atoms with E-state index in [1.54, 1.807) is 13.2 Å². The zero-order valence-corrected chi connectivity index (χ0v) is 13.0. The van der Waals surface area contributed by atoms with Gasteiger partial charge in [-0.05, 0) is 41.1 Å². The van der Waals surface area contributed by atoms with Gasteiger partial charge in [0.2, 0.25) is 0 Å². The predicted octanol–water partition coefficient (Wildman–Crippen LogP) is 3.95. The van der Waals surface area contributed by atoms with E-state index in [0.717, 1.165) is 15.8 Å². The molecule has 0 aromatic heterocycles. The number of carbonyl (C=O) groups excluding carboxylic acids is 1. The van der Waals surface area contributed by atoms with Crippen molar-refractivity contribution in [2.24, 2.45) is 0 Å². The van der Waals surface area contributed by atoms with E-state index in [9.17, 15) is 4.79 Å². The van der Waals surface area contributed by atoms with Crippen LogP contribution in [0.1, 0.15) is 28.9 Å². The van der Waals surface area contributed by atoms with Gasteiger partial charge in [0.15, 0.2) is 0 Å². The predicted molar refractivity (Wildman–Crippen MR) is 83.0 cm³/mol. The Balaban J connectivity index is 2.18. The lowest BCUT2D eigenvalue weighted by molar-refractivity contribution is 0.0938. The van der Waals surface area contributed by atoms with Crippen LogP contribution in [0, 0.1) is 0 Å². The Kier molecular flexibility index (Phi) is 4.79. The lowest BCUT2D eigenvalue weighted by atomic mass is 10.1. The van der Waals surface area contributed by atoms with Crippen LogP contribution in [0.3, 0.4) is 0 Å². The van der Waals surface area contributed by atoms with E-state index in [4.69, 9.17) is 4.74 Å². The largest absolute Gasteiger partial charge is 0.496 e. The average Bonchev–Trinajstić information content (AvgIpc) is 2.47. The van der Waals surface area contributed by atoms with Crippen molar-refractivity contribution in [3.8, 4) is 5.75 Å². The third-order valence-electron chi connectivity index (χ3n) is 3.07. The maximum absolute atomic E-state index is 12.3. The molecule has 0 saturated heterocycles. The van der Waals surface area contributed by atoms with Crippen LogP contribution in [0.25, 0.3) is 0 Å². The van der Waals surface area contributed by atoms with Crippen LogP contribution in [0.15, 0.2) is 53.0 Å². The highest BCUT2D eigenvalue weighted by atomic mass is 79.9. The van der Waals surface area contributed by atoms with Crippen LogP contribution in [-0.2, 0) is 0 Å². The van der Waals surface area contributed by atoms with Crippen molar-refractivity contribution < 1.29 is 9.53 Å². The van der Waals surface area contributed by atoms with Crippen molar-refractivity contribution in [1.29, 1.82) is 0 Å². The highest BCUT2D eigenvalue weighted by Crippen LogP contribution is 2.25. The number of ether oxygens (including phenoxy) is 1. The first-order valence-electron chi connectivity index (χ1n) is 6.31. The van der Waals surface area contributed by atoms with Gasteiger partial charge < -0.3 is 10.1 Å². The van der Waals surface area contributed by atoms with E-state index in [1.807, 2.05) is 49.4 Å². The average molecular weight is 334 g/mol. The molecule has 0 bridgehead atoms. The molecule has 3 nitrogen and oxygen atoms in total. The fraction of sp³-hybridized carbons (Fsp3) is 0.188. The molecule has 2 rings (SSSR count). The van der Waals surface area contributed by atoms with E-state index >= 15 is 0 Å². The number of rotatable bonds is 4. The van der Waals surface area contributed by atoms with Crippen LogP contribution >= 0.6 is 15.9 Å². The summed E-state index contributed by atoms with van der Waals surface area (Å²) in [6.07, 6.45) is 0. The summed E-state index contributed by atoms with van der Waals surface area (Å²) in [4.78, 5) is 12.3. The van der Waals surface area contributed by atoms with E-state index in [1.165, 1.54) is 0 Å². The quantitative estimate of drug-likeness (QED) is 0.919. The molecule has 0 aliphatic carbocycles. The number of carbonyl (C=O) groups is 1. The topological polar surface area (TPSA) is 38.3 Å². The SMILES string of the molecule is COc1ccccc1[C@@H](C)NC(=O)c1ccccc1Br. The summed E-state index contributed by atoms with van der Waals surface area (Å²) in [5.74, 6) is 0.656. The second kappa shape index (κ2) is 6.57.